The molecule has 3 rings (SSSR count). The third kappa shape index (κ3) is 2.02. The fourth-order valence-corrected chi connectivity index (χ4v) is 2.73. The molecule has 0 saturated heterocycles. The van der Waals surface area contributed by atoms with Crippen LogP contribution in [0.4, 0.5) is 5.95 Å². The fraction of sp³-hybridized carbons (Fsp3) is 0.200. The molecule has 1 aromatic carbocycles. The van der Waals surface area contributed by atoms with Crippen molar-refractivity contribution in [2.75, 3.05) is 5.73 Å². The van der Waals surface area contributed by atoms with Crippen LogP contribution < -0.4 is 5.73 Å². The van der Waals surface area contributed by atoms with Crippen molar-refractivity contribution in [1.82, 2.24) is 14.5 Å². The lowest BCUT2D eigenvalue weighted by atomic mass is 10.1. The lowest BCUT2D eigenvalue weighted by molar-refractivity contribution is 0.662. The van der Waals surface area contributed by atoms with Crippen molar-refractivity contribution in [1.29, 1.82) is 0 Å². The van der Waals surface area contributed by atoms with Crippen LogP contribution in [0.2, 0.25) is 5.02 Å². The maximum Gasteiger partial charge on any atom is 0.203 e. The molecule has 0 fully saturated rings. The molecule has 0 spiro atoms. The van der Waals surface area contributed by atoms with Gasteiger partial charge in [0.2, 0.25) is 5.95 Å². The van der Waals surface area contributed by atoms with Gasteiger partial charge < -0.3 is 5.73 Å². The number of hydrogen-bond donors (Lipinski definition) is 1. The molecular formula is C15H15ClN4. The van der Waals surface area contributed by atoms with Crippen LogP contribution in [-0.2, 0) is 0 Å². The molecule has 0 aliphatic carbocycles. The third-order valence-corrected chi connectivity index (χ3v) is 3.78. The smallest absolute Gasteiger partial charge is 0.203 e. The summed E-state index contributed by atoms with van der Waals surface area (Å²) in [4.78, 5) is 8.84. The number of aromatic nitrogens is 3. The van der Waals surface area contributed by atoms with Gasteiger partial charge in [-0.2, -0.15) is 0 Å². The Morgan fingerprint density at radius 3 is 2.80 bits per heavy atom. The second-order valence-corrected chi connectivity index (χ2v) is 5.30. The van der Waals surface area contributed by atoms with E-state index in [1.807, 2.05) is 54.9 Å². The van der Waals surface area contributed by atoms with Crippen LogP contribution >= 0.6 is 11.6 Å². The van der Waals surface area contributed by atoms with E-state index < -0.39 is 0 Å². The Morgan fingerprint density at radius 1 is 1.30 bits per heavy atom. The highest BCUT2D eigenvalue weighted by Crippen LogP contribution is 2.30. The maximum atomic E-state index is 6.27. The van der Waals surface area contributed by atoms with E-state index in [0.717, 1.165) is 22.3 Å². The average molecular weight is 287 g/mol. The van der Waals surface area contributed by atoms with Gasteiger partial charge in [-0.1, -0.05) is 29.8 Å². The highest BCUT2D eigenvalue weighted by atomic mass is 35.5. The first-order valence-electron chi connectivity index (χ1n) is 6.42. The van der Waals surface area contributed by atoms with Crippen molar-refractivity contribution in [2.24, 2.45) is 0 Å². The maximum absolute atomic E-state index is 6.27. The van der Waals surface area contributed by atoms with Gasteiger partial charge in [0.05, 0.1) is 6.04 Å². The number of hydrogen-bond acceptors (Lipinski definition) is 3. The molecule has 3 aromatic rings. The number of imidazole rings is 1. The van der Waals surface area contributed by atoms with E-state index in [-0.39, 0.29) is 6.04 Å². The Bertz CT molecular complexity index is 779. The van der Waals surface area contributed by atoms with E-state index >= 15 is 0 Å². The quantitative estimate of drug-likeness (QED) is 0.783. The van der Waals surface area contributed by atoms with E-state index in [0.29, 0.717) is 11.0 Å². The summed E-state index contributed by atoms with van der Waals surface area (Å²) in [5, 5.41) is 0.716. The van der Waals surface area contributed by atoms with Crippen molar-refractivity contribution in [3.05, 3.63) is 52.7 Å². The first-order valence-corrected chi connectivity index (χ1v) is 6.80. The van der Waals surface area contributed by atoms with Crippen molar-refractivity contribution in [3.8, 4) is 0 Å². The molecule has 20 heavy (non-hydrogen) atoms. The zero-order valence-electron chi connectivity index (χ0n) is 11.3. The Labute approximate surface area is 122 Å². The lowest BCUT2D eigenvalue weighted by Gasteiger charge is -2.17. The normalized spacial score (nSPS) is 12.8. The molecular weight excluding hydrogens is 272 g/mol. The Kier molecular flexibility index (Phi) is 3.10. The number of benzene rings is 1. The summed E-state index contributed by atoms with van der Waals surface area (Å²) >= 11 is 6.27. The van der Waals surface area contributed by atoms with Gasteiger partial charge in [0, 0.05) is 11.2 Å². The summed E-state index contributed by atoms with van der Waals surface area (Å²) in [6.07, 6.45) is 1.82. The number of nitrogen functional groups attached to an aromatic ring is 1. The van der Waals surface area contributed by atoms with Crippen LogP contribution in [0.25, 0.3) is 11.2 Å². The summed E-state index contributed by atoms with van der Waals surface area (Å²) < 4.78 is 1.91. The number of halogens is 1. The highest BCUT2D eigenvalue weighted by Gasteiger charge is 2.18. The van der Waals surface area contributed by atoms with Crippen LogP contribution in [0.3, 0.4) is 0 Å². The predicted molar refractivity (Wildman–Crippen MR) is 81.9 cm³/mol. The number of nitrogens with two attached hydrogens (primary N) is 1. The molecule has 0 aliphatic heterocycles. The van der Waals surface area contributed by atoms with Gasteiger partial charge >= 0.3 is 0 Å². The topological polar surface area (TPSA) is 56.7 Å². The van der Waals surface area contributed by atoms with Gasteiger partial charge in [-0.05, 0) is 37.1 Å². The standard InChI is InChI=1S/C15H15ClN4/c1-9-7-13-14(18-8-9)20(15(17)19-13)10(2)11-5-3-4-6-12(11)16/h3-8,10H,1-2H3,(H2,17,19). The Hall–Kier alpha value is -2.07. The van der Waals surface area contributed by atoms with Gasteiger partial charge in [0.1, 0.15) is 5.52 Å². The summed E-state index contributed by atoms with van der Waals surface area (Å²) in [6, 6.07) is 9.70. The van der Waals surface area contributed by atoms with Crippen molar-refractivity contribution in [3.63, 3.8) is 0 Å². The van der Waals surface area contributed by atoms with Crippen LogP contribution in [-0.4, -0.2) is 14.5 Å². The molecule has 102 valence electrons. The van der Waals surface area contributed by atoms with Gasteiger partial charge in [-0.3, -0.25) is 4.57 Å². The molecule has 5 heteroatoms. The molecule has 1 atom stereocenters. The molecule has 2 N–H and O–H groups in total. The Morgan fingerprint density at radius 2 is 2.05 bits per heavy atom. The lowest BCUT2D eigenvalue weighted by Crippen LogP contribution is -2.11. The SMILES string of the molecule is Cc1cnc2c(c1)nc(N)n2C(C)c1ccccc1Cl. The minimum atomic E-state index is -0.0242. The molecule has 1 unspecified atom stereocenters. The average Bonchev–Trinajstić information content (AvgIpc) is 2.73. The summed E-state index contributed by atoms with van der Waals surface area (Å²) in [7, 11) is 0. The van der Waals surface area contributed by atoms with Gasteiger partial charge in [-0.15, -0.1) is 0 Å². The predicted octanol–water partition coefficient (Wildman–Crippen LogP) is 3.58. The van der Waals surface area contributed by atoms with Crippen molar-refractivity contribution < 1.29 is 0 Å². The Balaban J connectivity index is 2.19. The van der Waals surface area contributed by atoms with E-state index in [9.17, 15) is 0 Å². The van der Waals surface area contributed by atoms with Crippen LogP contribution in [0.15, 0.2) is 36.5 Å². The first kappa shape index (κ1) is 12.9. The van der Waals surface area contributed by atoms with Crippen LogP contribution in [0.1, 0.15) is 24.1 Å². The molecule has 2 aromatic heterocycles. The molecule has 0 radical (unpaired) electrons. The summed E-state index contributed by atoms with van der Waals surface area (Å²) in [6.45, 7) is 4.03. The second kappa shape index (κ2) is 4.80. The number of nitrogens with zero attached hydrogens (tertiary/aromatic N) is 3. The first-order chi connectivity index (χ1) is 9.58. The molecule has 2 heterocycles. The summed E-state index contributed by atoms with van der Waals surface area (Å²) in [5.41, 5.74) is 9.71. The third-order valence-electron chi connectivity index (χ3n) is 3.44. The molecule has 4 nitrogen and oxygen atoms in total. The number of pyridine rings is 1. The zero-order chi connectivity index (χ0) is 14.3. The molecule has 0 saturated carbocycles. The van der Waals surface area contributed by atoms with E-state index in [1.165, 1.54) is 0 Å². The minimum Gasteiger partial charge on any atom is -0.369 e. The summed E-state index contributed by atoms with van der Waals surface area (Å²) in [5.74, 6) is 0.450. The monoisotopic (exact) mass is 286 g/mol. The minimum absolute atomic E-state index is 0.0242. The largest absolute Gasteiger partial charge is 0.369 e. The van der Waals surface area contributed by atoms with Gasteiger partial charge in [0.15, 0.2) is 5.65 Å². The van der Waals surface area contributed by atoms with Gasteiger partial charge in [-0.25, -0.2) is 9.97 Å². The molecule has 0 aliphatic rings. The van der Waals surface area contributed by atoms with E-state index in [2.05, 4.69) is 9.97 Å². The molecule has 0 amide bonds. The van der Waals surface area contributed by atoms with Crippen LogP contribution in [0, 0.1) is 6.92 Å². The fourth-order valence-electron chi connectivity index (χ4n) is 2.44. The number of rotatable bonds is 2. The number of aryl methyl sites for hydroxylation is 1. The zero-order valence-corrected chi connectivity index (χ0v) is 12.1. The van der Waals surface area contributed by atoms with Crippen molar-refractivity contribution in [2.45, 2.75) is 19.9 Å². The van der Waals surface area contributed by atoms with E-state index in [1.54, 1.807) is 0 Å². The molecule has 0 bridgehead atoms. The highest BCUT2D eigenvalue weighted by molar-refractivity contribution is 6.31. The number of anilines is 1. The van der Waals surface area contributed by atoms with Crippen molar-refractivity contribution >= 4 is 28.7 Å². The van der Waals surface area contributed by atoms with Crippen LogP contribution in [0.5, 0.6) is 0 Å². The van der Waals surface area contributed by atoms with E-state index in [4.69, 9.17) is 17.3 Å². The van der Waals surface area contributed by atoms with Gasteiger partial charge in [0.25, 0.3) is 0 Å². The second-order valence-electron chi connectivity index (χ2n) is 4.89. The number of fused-ring (bicyclic) bond motifs is 1.